The summed E-state index contributed by atoms with van der Waals surface area (Å²) in [5, 5.41) is 3.37. The number of nitrogens with one attached hydrogen (secondary N) is 1. The molecule has 106 valence electrons. The van der Waals surface area contributed by atoms with Crippen molar-refractivity contribution in [1.82, 2.24) is 20.2 Å². The second-order valence-corrected chi connectivity index (χ2v) is 6.28. The second-order valence-electron chi connectivity index (χ2n) is 5.28. The van der Waals surface area contributed by atoms with Crippen LogP contribution in [-0.2, 0) is 0 Å². The SMILES string of the molecule is CN(C)C(=O)c1sc2nccnc2c1C1CCNCC1. The van der Waals surface area contributed by atoms with Crippen molar-refractivity contribution < 1.29 is 4.79 Å². The van der Waals surface area contributed by atoms with E-state index in [4.69, 9.17) is 0 Å². The molecule has 0 saturated carbocycles. The van der Waals surface area contributed by atoms with Gasteiger partial charge in [-0.1, -0.05) is 0 Å². The average Bonchev–Trinajstić information content (AvgIpc) is 2.86. The number of hydrogen-bond donors (Lipinski definition) is 1. The van der Waals surface area contributed by atoms with E-state index in [1.807, 2.05) is 0 Å². The van der Waals surface area contributed by atoms with Gasteiger partial charge in [-0.2, -0.15) is 0 Å². The molecule has 1 fully saturated rings. The van der Waals surface area contributed by atoms with Gasteiger partial charge in [-0.15, -0.1) is 11.3 Å². The Balaban J connectivity index is 2.14. The fraction of sp³-hybridized carbons (Fsp3) is 0.500. The quantitative estimate of drug-likeness (QED) is 0.917. The van der Waals surface area contributed by atoms with Gasteiger partial charge in [-0.25, -0.2) is 4.98 Å². The van der Waals surface area contributed by atoms with Crippen molar-refractivity contribution in [1.29, 1.82) is 0 Å². The van der Waals surface area contributed by atoms with Crippen molar-refractivity contribution in [3.63, 3.8) is 0 Å². The Morgan fingerprint density at radius 2 is 2.00 bits per heavy atom. The summed E-state index contributed by atoms with van der Waals surface area (Å²) in [7, 11) is 3.58. The van der Waals surface area contributed by atoms with Gasteiger partial charge in [0.15, 0.2) is 0 Å². The summed E-state index contributed by atoms with van der Waals surface area (Å²) >= 11 is 1.47. The first-order valence-corrected chi connectivity index (χ1v) is 7.66. The molecule has 1 aliphatic heterocycles. The first kappa shape index (κ1) is 13.5. The molecule has 20 heavy (non-hydrogen) atoms. The van der Waals surface area contributed by atoms with Crippen LogP contribution in [0.4, 0.5) is 0 Å². The zero-order valence-corrected chi connectivity index (χ0v) is 12.5. The van der Waals surface area contributed by atoms with Crippen LogP contribution in [0.3, 0.4) is 0 Å². The Morgan fingerprint density at radius 1 is 1.30 bits per heavy atom. The standard InChI is InChI=1S/C14H18N4OS/c1-18(2)14(19)12-10(9-3-5-15-6-4-9)11-13(20-12)17-8-7-16-11/h7-9,15H,3-6H2,1-2H3. The summed E-state index contributed by atoms with van der Waals surface area (Å²) in [6, 6.07) is 0. The van der Waals surface area contributed by atoms with E-state index < -0.39 is 0 Å². The molecule has 5 nitrogen and oxygen atoms in total. The van der Waals surface area contributed by atoms with Crippen molar-refractivity contribution in [2.24, 2.45) is 0 Å². The summed E-state index contributed by atoms with van der Waals surface area (Å²) < 4.78 is 0. The van der Waals surface area contributed by atoms with Crippen LogP contribution in [0.2, 0.25) is 0 Å². The van der Waals surface area contributed by atoms with E-state index in [1.165, 1.54) is 11.3 Å². The summed E-state index contributed by atoms with van der Waals surface area (Å²) in [5.74, 6) is 0.462. The van der Waals surface area contributed by atoms with Crippen LogP contribution >= 0.6 is 11.3 Å². The van der Waals surface area contributed by atoms with Crippen LogP contribution in [-0.4, -0.2) is 48.0 Å². The van der Waals surface area contributed by atoms with Crippen LogP contribution in [0.1, 0.15) is 34.0 Å². The molecule has 0 aromatic carbocycles. The third-order valence-corrected chi connectivity index (χ3v) is 4.80. The van der Waals surface area contributed by atoms with E-state index in [2.05, 4.69) is 15.3 Å². The molecule has 0 unspecified atom stereocenters. The van der Waals surface area contributed by atoms with Crippen molar-refractivity contribution in [2.75, 3.05) is 27.2 Å². The van der Waals surface area contributed by atoms with Crippen molar-refractivity contribution >= 4 is 27.6 Å². The summed E-state index contributed by atoms with van der Waals surface area (Å²) in [6.45, 7) is 2.00. The highest BCUT2D eigenvalue weighted by atomic mass is 32.1. The fourth-order valence-corrected chi connectivity index (χ4v) is 3.90. The van der Waals surface area contributed by atoms with Crippen LogP contribution in [0.25, 0.3) is 10.3 Å². The van der Waals surface area contributed by atoms with Gasteiger partial charge >= 0.3 is 0 Å². The number of amides is 1. The number of carbonyl (C=O) groups is 1. The fourth-order valence-electron chi connectivity index (χ4n) is 2.70. The minimum atomic E-state index is 0.0586. The summed E-state index contributed by atoms with van der Waals surface area (Å²) in [4.78, 5) is 24.6. The van der Waals surface area contributed by atoms with Gasteiger partial charge in [0.25, 0.3) is 5.91 Å². The smallest absolute Gasteiger partial charge is 0.263 e. The van der Waals surface area contributed by atoms with Crippen LogP contribution in [0.15, 0.2) is 12.4 Å². The summed E-state index contributed by atoms with van der Waals surface area (Å²) in [6.07, 6.45) is 5.50. The lowest BCUT2D eigenvalue weighted by Crippen LogP contribution is -2.28. The first-order valence-electron chi connectivity index (χ1n) is 6.84. The van der Waals surface area contributed by atoms with E-state index in [0.29, 0.717) is 5.92 Å². The third kappa shape index (κ3) is 2.29. The summed E-state index contributed by atoms with van der Waals surface area (Å²) in [5.41, 5.74) is 2.02. The van der Waals surface area contributed by atoms with Gasteiger partial charge in [0.1, 0.15) is 10.3 Å². The molecule has 0 bridgehead atoms. The number of piperidine rings is 1. The molecule has 0 spiro atoms. The molecule has 3 heterocycles. The van der Waals surface area contributed by atoms with Gasteiger partial charge in [-0.05, 0) is 31.8 Å². The minimum Gasteiger partial charge on any atom is -0.344 e. The number of thiophene rings is 1. The molecule has 2 aromatic heterocycles. The zero-order valence-electron chi connectivity index (χ0n) is 11.7. The number of hydrogen-bond acceptors (Lipinski definition) is 5. The molecule has 0 aliphatic carbocycles. The number of nitrogens with zero attached hydrogens (tertiary/aromatic N) is 3. The Kier molecular flexibility index (Phi) is 3.67. The Hall–Kier alpha value is -1.53. The molecular weight excluding hydrogens is 272 g/mol. The molecule has 6 heteroatoms. The predicted octanol–water partition coefficient (Wildman–Crippen LogP) is 1.86. The maximum atomic E-state index is 12.4. The van der Waals surface area contributed by atoms with Crippen LogP contribution in [0, 0.1) is 0 Å². The van der Waals surface area contributed by atoms with Crippen molar-refractivity contribution in [3.8, 4) is 0 Å². The maximum Gasteiger partial charge on any atom is 0.263 e. The monoisotopic (exact) mass is 290 g/mol. The number of rotatable bonds is 2. The Morgan fingerprint density at radius 3 is 2.70 bits per heavy atom. The van der Waals surface area contributed by atoms with Gasteiger partial charge in [0, 0.05) is 32.1 Å². The largest absolute Gasteiger partial charge is 0.344 e. The average molecular weight is 290 g/mol. The normalized spacial score (nSPS) is 16.5. The van der Waals surface area contributed by atoms with Gasteiger partial charge in [-0.3, -0.25) is 9.78 Å². The highest BCUT2D eigenvalue weighted by Crippen LogP contribution is 2.38. The minimum absolute atomic E-state index is 0.0586. The van der Waals surface area contributed by atoms with E-state index in [9.17, 15) is 4.79 Å². The lowest BCUT2D eigenvalue weighted by Gasteiger charge is -2.23. The van der Waals surface area contributed by atoms with Crippen LogP contribution in [0.5, 0.6) is 0 Å². The zero-order chi connectivity index (χ0) is 14.1. The lowest BCUT2D eigenvalue weighted by molar-refractivity contribution is 0.0830. The Bertz CT molecular complexity index is 631. The second kappa shape index (κ2) is 5.46. The number of aromatic nitrogens is 2. The molecule has 3 rings (SSSR count). The number of fused-ring (bicyclic) bond motifs is 1. The van der Waals surface area contributed by atoms with Crippen molar-refractivity contribution in [2.45, 2.75) is 18.8 Å². The topological polar surface area (TPSA) is 58.1 Å². The molecule has 2 aromatic rings. The molecule has 0 radical (unpaired) electrons. The third-order valence-electron chi connectivity index (χ3n) is 3.71. The van der Waals surface area contributed by atoms with E-state index in [0.717, 1.165) is 46.7 Å². The Labute approximate surface area is 122 Å². The first-order chi connectivity index (χ1) is 9.68. The van der Waals surface area contributed by atoms with E-state index in [1.54, 1.807) is 31.4 Å². The highest BCUT2D eigenvalue weighted by molar-refractivity contribution is 7.20. The van der Waals surface area contributed by atoms with Gasteiger partial charge < -0.3 is 10.2 Å². The lowest BCUT2D eigenvalue weighted by atomic mass is 9.89. The molecule has 1 N–H and O–H groups in total. The molecule has 1 aliphatic rings. The molecule has 1 amide bonds. The maximum absolute atomic E-state index is 12.4. The molecule has 1 saturated heterocycles. The number of carbonyl (C=O) groups excluding carboxylic acids is 1. The van der Waals surface area contributed by atoms with E-state index in [-0.39, 0.29) is 5.91 Å². The molecule has 0 atom stereocenters. The molecular formula is C14H18N4OS. The van der Waals surface area contributed by atoms with Crippen molar-refractivity contribution in [3.05, 3.63) is 22.8 Å². The predicted molar refractivity (Wildman–Crippen MR) is 80.3 cm³/mol. The highest BCUT2D eigenvalue weighted by Gasteiger charge is 2.28. The van der Waals surface area contributed by atoms with Gasteiger partial charge in [0.2, 0.25) is 0 Å². The van der Waals surface area contributed by atoms with Crippen LogP contribution < -0.4 is 5.32 Å². The van der Waals surface area contributed by atoms with E-state index >= 15 is 0 Å². The van der Waals surface area contributed by atoms with Gasteiger partial charge in [0.05, 0.1) is 4.88 Å².